The molecule has 0 heterocycles. The maximum atomic E-state index is 5.84. The van der Waals surface area contributed by atoms with Crippen LogP contribution in [0.3, 0.4) is 0 Å². The average molecular weight is 315 g/mol. The van der Waals surface area contributed by atoms with Crippen molar-refractivity contribution in [3.8, 4) is 0 Å². The highest BCUT2D eigenvalue weighted by Crippen LogP contribution is 2.18. The van der Waals surface area contributed by atoms with Crippen molar-refractivity contribution in [2.24, 2.45) is 0 Å². The Hall–Kier alpha value is -0.333. The molecule has 0 spiro atoms. The lowest BCUT2D eigenvalue weighted by atomic mass is 10.2. The zero-order chi connectivity index (χ0) is 14.7. The van der Waals surface area contributed by atoms with Crippen molar-refractivity contribution in [1.29, 1.82) is 0 Å². The Kier molecular flexibility index (Phi) is 9.21. The van der Waals surface area contributed by atoms with E-state index in [1.54, 1.807) is 0 Å². The number of rotatable bonds is 11. The fraction of sp³-hybridized carbons (Fsp3) is 0.600. The maximum absolute atomic E-state index is 5.84. The Morgan fingerprint density at radius 2 is 1.45 bits per heavy atom. The van der Waals surface area contributed by atoms with Gasteiger partial charge in [0, 0.05) is 19.8 Å². The standard InChI is InChI=1S/C15H26O3SSi/c1-4-16-20(17-5-2,18-6-3)14-19-13-12-15-10-8-7-9-11-15/h7-11H,4-6,12-14H2,1-3H3. The quantitative estimate of drug-likeness (QED) is 0.461. The molecule has 0 radical (unpaired) electrons. The smallest absolute Gasteiger partial charge is 0.373 e. The highest BCUT2D eigenvalue weighted by atomic mass is 32.2. The van der Waals surface area contributed by atoms with Crippen molar-refractivity contribution in [3.05, 3.63) is 35.9 Å². The Labute approximate surface area is 128 Å². The van der Waals surface area contributed by atoms with E-state index in [0.29, 0.717) is 19.8 Å². The fourth-order valence-corrected chi connectivity index (χ4v) is 6.47. The first-order valence-corrected chi connectivity index (χ1v) is 10.4. The SMILES string of the molecule is CCO[Si](CSCCc1ccccc1)(OCC)OCC. The molecule has 20 heavy (non-hydrogen) atoms. The van der Waals surface area contributed by atoms with Gasteiger partial charge < -0.3 is 13.3 Å². The van der Waals surface area contributed by atoms with Crippen LogP contribution in [0.4, 0.5) is 0 Å². The Morgan fingerprint density at radius 1 is 0.900 bits per heavy atom. The van der Waals surface area contributed by atoms with Gasteiger partial charge in [-0.2, -0.15) is 11.8 Å². The van der Waals surface area contributed by atoms with E-state index in [0.717, 1.165) is 17.5 Å². The van der Waals surface area contributed by atoms with Gasteiger partial charge in [-0.05, 0) is 38.5 Å². The molecule has 5 heteroatoms. The molecule has 0 saturated carbocycles. The lowest BCUT2D eigenvalue weighted by Gasteiger charge is -2.28. The van der Waals surface area contributed by atoms with Gasteiger partial charge in [-0.15, -0.1) is 0 Å². The lowest BCUT2D eigenvalue weighted by Crippen LogP contribution is -2.49. The zero-order valence-corrected chi connectivity index (χ0v) is 14.6. The molecule has 0 unspecified atom stereocenters. The minimum Gasteiger partial charge on any atom is -0.373 e. The molecule has 0 aromatic heterocycles. The molecule has 1 aromatic rings. The van der Waals surface area contributed by atoms with Crippen molar-refractivity contribution in [2.75, 3.05) is 30.9 Å². The predicted octanol–water partition coefficient (Wildman–Crippen LogP) is 3.55. The molecule has 0 amide bonds. The van der Waals surface area contributed by atoms with Crippen LogP contribution >= 0.6 is 11.8 Å². The molecular weight excluding hydrogens is 288 g/mol. The second-order valence-corrected chi connectivity index (χ2v) is 8.47. The molecule has 0 bridgehead atoms. The monoisotopic (exact) mass is 314 g/mol. The summed E-state index contributed by atoms with van der Waals surface area (Å²) < 4.78 is 17.5. The molecule has 0 saturated heterocycles. The van der Waals surface area contributed by atoms with Gasteiger partial charge in [0.2, 0.25) is 0 Å². The first-order valence-electron chi connectivity index (χ1n) is 7.29. The van der Waals surface area contributed by atoms with Crippen molar-refractivity contribution >= 4 is 20.6 Å². The summed E-state index contributed by atoms with van der Waals surface area (Å²) in [5.41, 5.74) is 1.37. The van der Waals surface area contributed by atoms with Crippen molar-refractivity contribution < 1.29 is 13.3 Å². The summed E-state index contributed by atoms with van der Waals surface area (Å²) in [5.74, 6) is 1.06. The summed E-state index contributed by atoms with van der Waals surface area (Å²) in [6.07, 6.45) is 1.07. The molecule has 0 aliphatic heterocycles. The molecule has 0 aliphatic rings. The van der Waals surface area contributed by atoms with Crippen LogP contribution in [0.2, 0.25) is 0 Å². The van der Waals surface area contributed by atoms with Gasteiger partial charge in [-0.25, -0.2) is 0 Å². The van der Waals surface area contributed by atoms with E-state index in [1.165, 1.54) is 5.56 Å². The van der Waals surface area contributed by atoms with Gasteiger partial charge >= 0.3 is 8.80 Å². The van der Waals surface area contributed by atoms with Crippen molar-refractivity contribution in [2.45, 2.75) is 27.2 Å². The van der Waals surface area contributed by atoms with Gasteiger partial charge in [0.15, 0.2) is 0 Å². The van der Waals surface area contributed by atoms with Gasteiger partial charge in [-0.1, -0.05) is 30.3 Å². The largest absolute Gasteiger partial charge is 0.511 e. The van der Waals surface area contributed by atoms with Gasteiger partial charge in [0.05, 0.1) is 5.38 Å². The number of hydrogen-bond acceptors (Lipinski definition) is 4. The van der Waals surface area contributed by atoms with Crippen molar-refractivity contribution in [1.82, 2.24) is 0 Å². The molecule has 1 rings (SSSR count). The Bertz CT molecular complexity index is 331. The van der Waals surface area contributed by atoms with Crippen LogP contribution < -0.4 is 0 Å². The van der Waals surface area contributed by atoms with E-state index < -0.39 is 8.80 Å². The molecule has 0 atom stereocenters. The van der Waals surface area contributed by atoms with Crippen molar-refractivity contribution in [3.63, 3.8) is 0 Å². The van der Waals surface area contributed by atoms with Crippen LogP contribution in [0.25, 0.3) is 0 Å². The topological polar surface area (TPSA) is 27.7 Å². The van der Waals surface area contributed by atoms with Crippen LogP contribution in [0.5, 0.6) is 0 Å². The molecular formula is C15H26O3SSi. The van der Waals surface area contributed by atoms with E-state index in [-0.39, 0.29) is 0 Å². The second-order valence-electron chi connectivity index (χ2n) is 4.27. The van der Waals surface area contributed by atoms with Crippen LogP contribution in [0.15, 0.2) is 30.3 Å². The molecule has 0 fully saturated rings. The van der Waals surface area contributed by atoms with Gasteiger partial charge in [0.1, 0.15) is 0 Å². The summed E-state index contributed by atoms with van der Waals surface area (Å²) in [4.78, 5) is 0. The first kappa shape index (κ1) is 17.7. The van der Waals surface area contributed by atoms with Crippen LogP contribution in [-0.4, -0.2) is 39.8 Å². The second kappa shape index (κ2) is 10.4. The predicted molar refractivity (Wildman–Crippen MR) is 88.1 cm³/mol. The van der Waals surface area contributed by atoms with Crippen LogP contribution in [0, 0.1) is 0 Å². The average Bonchev–Trinajstić information content (AvgIpc) is 2.46. The Morgan fingerprint density at radius 3 is 1.95 bits per heavy atom. The van der Waals surface area contributed by atoms with E-state index in [2.05, 4.69) is 24.3 Å². The third-order valence-corrected chi connectivity index (χ3v) is 7.66. The van der Waals surface area contributed by atoms with Gasteiger partial charge in [0.25, 0.3) is 0 Å². The molecule has 0 N–H and O–H groups in total. The molecule has 114 valence electrons. The normalized spacial score (nSPS) is 11.8. The van der Waals surface area contributed by atoms with E-state index >= 15 is 0 Å². The van der Waals surface area contributed by atoms with E-state index in [4.69, 9.17) is 13.3 Å². The van der Waals surface area contributed by atoms with Crippen LogP contribution in [-0.2, 0) is 19.7 Å². The molecule has 1 aromatic carbocycles. The number of aryl methyl sites for hydroxylation is 1. The lowest BCUT2D eigenvalue weighted by molar-refractivity contribution is 0.0773. The summed E-state index contributed by atoms with van der Waals surface area (Å²) >= 11 is 1.86. The zero-order valence-electron chi connectivity index (χ0n) is 12.8. The minimum absolute atomic E-state index is 0.644. The molecule has 3 nitrogen and oxygen atoms in total. The number of benzene rings is 1. The highest BCUT2D eigenvalue weighted by Gasteiger charge is 2.40. The summed E-state index contributed by atoms with van der Waals surface area (Å²) in [6.45, 7) is 7.92. The maximum Gasteiger partial charge on any atom is 0.511 e. The van der Waals surface area contributed by atoms with E-state index in [9.17, 15) is 0 Å². The molecule has 0 aliphatic carbocycles. The third kappa shape index (κ3) is 6.41. The number of hydrogen-bond donors (Lipinski definition) is 0. The summed E-state index contributed by atoms with van der Waals surface area (Å²) in [7, 11) is -2.47. The Balaban J connectivity index is 2.40. The highest BCUT2D eigenvalue weighted by molar-refractivity contribution is 8.00. The van der Waals surface area contributed by atoms with Gasteiger partial charge in [-0.3, -0.25) is 0 Å². The summed E-state index contributed by atoms with van der Waals surface area (Å²) in [6, 6.07) is 10.5. The van der Waals surface area contributed by atoms with E-state index in [1.807, 2.05) is 38.6 Å². The fourth-order valence-electron chi connectivity index (χ4n) is 1.94. The van der Waals surface area contributed by atoms with Crippen LogP contribution in [0.1, 0.15) is 26.3 Å². The summed E-state index contributed by atoms with van der Waals surface area (Å²) in [5, 5.41) is 0.829. The third-order valence-electron chi connectivity index (χ3n) is 2.75. The first-order chi connectivity index (χ1) is 9.76. The minimum atomic E-state index is -2.47. The number of thioether (sulfide) groups is 1.